The van der Waals surface area contributed by atoms with Gasteiger partial charge < -0.3 is 9.88 Å². The minimum absolute atomic E-state index is 0.0907. The molecule has 1 amide bonds. The first kappa shape index (κ1) is 18.4. The zero-order valence-corrected chi connectivity index (χ0v) is 16.5. The quantitative estimate of drug-likeness (QED) is 0.468. The Hall–Kier alpha value is -2.99. The van der Waals surface area contributed by atoms with Crippen molar-refractivity contribution in [1.82, 2.24) is 9.55 Å². The Morgan fingerprint density at radius 3 is 2.57 bits per heavy atom. The molecule has 1 N–H and O–H groups in total. The van der Waals surface area contributed by atoms with Crippen LogP contribution in [-0.2, 0) is 17.8 Å². The van der Waals surface area contributed by atoms with Crippen molar-refractivity contribution in [3.05, 3.63) is 94.6 Å². The summed E-state index contributed by atoms with van der Waals surface area (Å²) < 4.78 is 16.2. The summed E-state index contributed by atoms with van der Waals surface area (Å²) in [6.07, 6.45) is 5.53. The van der Waals surface area contributed by atoms with Crippen molar-refractivity contribution in [3.63, 3.8) is 0 Å². The number of hydrogen-bond donors (Lipinski definition) is 1. The lowest BCUT2D eigenvalue weighted by Gasteiger charge is -2.05. The van der Waals surface area contributed by atoms with Gasteiger partial charge in [-0.1, -0.05) is 28.1 Å². The maximum absolute atomic E-state index is 13.2. The molecule has 0 radical (unpaired) electrons. The molecule has 0 aliphatic rings. The van der Waals surface area contributed by atoms with Gasteiger partial charge in [-0.2, -0.15) is 0 Å². The Morgan fingerprint density at radius 2 is 1.82 bits per heavy atom. The lowest BCUT2D eigenvalue weighted by Crippen LogP contribution is -2.14. The van der Waals surface area contributed by atoms with Crippen LogP contribution in [0.3, 0.4) is 0 Å². The van der Waals surface area contributed by atoms with Gasteiger partial charge in [0, 0.05) is 46.2 Å². The monoisotopic (exact) mass is 437 g/mol. The highest BCUT2D eigenvalue weighted by Gasteiger charge is 2.13. The predicted octanol–water partition coefficient (Wildman–Crippen LogP) is 5.17. The molecule has 2 heterocycles. The van der Waals surface area contributed by atoms with Crippen LogP contribution in [0.15, 0.2) is 77.7 Å². The summed E-state index contributed by atoms with van der Waals surface area (Å²) in [7, 11) is 0. The molecular formula is C22H17BrFN3O. The molecule has 2 aromatic heterocycles. The SMILES string of the molecule is O=C(Cc1cn(Cc2ccc(F)cc2)c2ccc(Br)cc12)Nc1ccncc1. The van der Waals surface area contributed by atoms with Gasteiger partial charge in [0.25, 0.3) is 0 Å². The maximum Gasteiger partial charge on any atom is 0.228 e. The van der Waals surface area contributed by atoms with E-state index in [1.54, 1.807) is 36.7 Å². The molecule has 28 heavy (non-hydrogen) atoms. The fraction of sp³-hybridized carbons (Fsp3) is 0.0909. The van der Waals surface area contributed by atoms with E-state index >= 15 is 0 Å². The number of hydrogen-bond acceptors (Lipinski definition) is 2. The fourth-order valence-corrected chi connectivity index (χ4v) is 3.58. The molecule has 4 nitrogen and oxygen atoms in total. The van der Waals surface area contributed by atoms with E-state index in [4.69, 9.17) is 0 Å². The van der Waals surface area contributed by atoms with E-state index in [0.29, 0.717) is 6.54 Å². The van der Waals surface area contributed by atoms with Crippen molar-refractivity contribution in [3.8, 4) is 0 Å². The van der Waals surface area contributed by atoms with Gasteiger partial charge in [-0.15, -0.1) is 0 Å². The number of nitrogens with zero attached hydrogens (tertiary/aromatic N) is 2. The molecule has 4 rings (SSSR count). The van der Waals surface area contributed by atoms with Crippen LogP contribution in [0.5, 0.6) is 0 Å². The Bertz CT molecular complexity index is 1120. The first-order valence-corrected chi connectivity index (χ1v) is 9.59. The largest absolute Gasteiger partial charge is 0.343 e. The summed E-state index contributed by atoms with van der Waals surface area (Å²) >= 11 is 3.51. The van der Waals surface area contributed by atoms with Crippen LogP contribution in [0.2, 0.25) is 0 Å². The standard InChI is InChI=1S/C22H17BrFN3O/c23-17-3-6-21-20(12-17)16(11-22(28)26-19-7-9-25-10-8-19)14-27(21)13-15-1-4-18(24)5-2-15/h1-10,12,14H,11,13H2,(H,25,26,28). The van der Waals surface area contributed by atoms with Crippen LogP contribution < -0.4 is 5.32 Å². The molecule has 0 spiro atoms. The third-order valence-corrected chi connectivity index (χ3v) is 5.00. The van der Waals surface area contributed by atoms with Gasteiger partial charge in [-0.05, 0) is 53.6 Å². The number of amides is 1. The van der Waals surface area contributed by atoms with Crippen molar-refractivity contribution < 1.29 is 9.18 Å². The predicted molar refractivity (Wildman–Crippen MR) is 112 cm³/mol. The summed E-state index contributed by atoms with van der Waals surface area (Å²) in [6, 6.07) is 16.0. The number of nitrogens with one attached hydrogen (secondary N) is 1. The van der Waals surface area contributed by atoms with Gasteiger partial charge in [0.15, 0.2) is 0 Å². The molecule has 0 atom stereocenters. The number of anilines is 1. The van der Waals surface area contributed by atoms with Gasteiger partial charge in [0.1, 0.15) is 5.82 Å². The number of benzene rings is 2. The molecule has 6 heteroatoms. The van der Waals surface area contributed by atoms with Gasteiger partial charge in [-0.3, -0.25) is 9.78 Å². The Labute approximate surface area is 170 Å². The summed E-state index contributed by atoms with van der Waals surface area (Å²) in [6.45, 7) is 0.602. The van der Waals surface area contributed by atoms with Crippen molar-refractivity contribution in [2.45, 2.75) is 13.0 Å². The molecule has 2 aromatic carbocycles. The zero-order valence-electron chi connectivity index (χ0n) is 14.9. The average molecular weight is 438 g/mol. The minimum atomic E-state index is -0.251. The van der Waals surface area contributed by atoms with Crippen molar-refractivity contribution >= 4 is 38.4 Å². The number of carbonyl (C=O) groups is 1. The van der Waals surface area contributed by atoms with Crippen molar-refractivity contribution in [2.75, 3.05) is 5.32 Å². The molecule has 0 fully saturated rings. The molecule has 0 saturated heterocycles. The Kier molecular flexibility index (Phi) is 5.21. The highest BCUT2D eigenvalue weighted by Crippen LogP contribution is 2.27. The van der Waals surface area contributed by atoms with Crippen LogP contribution in [0, 0.1) is 5.82 Å². The van der Waals surface area contributed by atoms with E-state index in [1.165, 1.54) is 12.1 Å². The van der Waals surface area contributed by atoms with E-state index in [9.17, 15) is 9.18 Å². The molecule has 0 aliphatic heterocycles. The summed E-state index contributed by atoms with van der Waals surface area (Å²) in [5, 5.41) is 3.91. The third-order valence-electron chi connectivity index (χ3n) is 4.51. The normalized spacial score (nSPS) is 10.9. The number of pyridine rings is 1. The fourth-order valence-electron chi connectivity index (χ4n) is 3.21. The molecule has 0 bridgehead atoms. The second-order valence-corrected chi connectivity index (χ2v) is 7.45. The smallest absolute Gasteiger partial charge is 0.228 e. The molecule has 140 valence electrons. The van der Waals surface area contributed by atoms with Crippen LogP contribution in [0.1, 0.15) is 11.1 Å². The second kappa shape index (κ2) is 7.94. The first-order valence-electron chi connectivity index (χ1n) is 8.80. The number of fused-ring (bicyclic) bond motifs is 1. The number of carbonyl (C=O) groups excluding carboxylic acids is 1. The second-order valence-electron chi connectivity index (χ2n) is 6.53. The third kappa shape index (κ3) is 4.12. The van der Waals surface area contributed by atoms with Gasteiger partial charge in [0.2, 0.25) is 5.91 Å². The summed E-state index contributed by atoms with van der Waals surface area (Å²) in [5.41, 5.74) is 3.68. The number of rotatable bonds is 5. The summed E-state index contributed by atoms with van der Waals surface area (Å²) in [5.74, 6) is -0.342. The molecular weight excluding hydrogens is 421 g/mol. The molecule has 4 aromatic rings. The summed E-state index contributed by atoms with van der Waals surface area (Å²) in [4.78, 5) is 16.5. The lowest BCUT2D eigenvalue weighted by molar-refractivity contribution is -0.115. The van der Waals surface area contributed by atoms with Gasteiger partial charge in [0.05, 0.1) is 6.42 Å². The molecule has 0 aliphatic carbocycles. The van der Waals surface area contributed by atoms with Crippen LogP contribution >= 0.6 is 15.9 Å². The Balaban J connectivity index is 1.63. The highest BCUT2D eigenvalue weighted by molar-refractivity contribution is 9.10. The zero-order chi connectivity index (χ0) is 19.5. The van der Waals surface area contributed by atoms with Gasteiger partial charge in [-0.25, -0.2) is 4.39 Å². The topological polar surface area (TPSA) is 46.9 Å². The van der Waals surface area contributed by atoms with E-state index in [1.807, 2.05) is 24.4 Å². The van der Waals surface area contributed by atoms with E-state index in [-0.39, 0.29) is 18.1 Å². The molecule has 0 saturated carbocycles. The van der Waals surface area contributed by atoms with Crippen molar-refractivity contribution in [1.29, 1.82) is 0 Å². The van der Waals surface area contributed by atoms with E-state index < -0.39 is 0 Å². The van der Waals surface area contributed by atoms with Crippen LogP contribution in [-0.4, -0.2) is 15.5 Å². The first-order chi connectivity index (χ1) is 13.6. The van der Waals surface area contributed by atoms with Crippen molar-refractivity contribution in [2.24, 2.45) is 0 Å². The molecule has 0 unspecified atom stereocenters. The number of aromatic nitrogens is 2. The van der Waals surface area contributed by atoms with Crippen LogP contribution in [0.25, 0.3) is 10.9 Å². The Morgan fingerprint density at radius 1 is 1.07 bits per heavy atom. The minimum Gasteiger partial charge on any atom is -0.343 e. The van der Waals surface area contributed by atoms with E-state index in [0.717, 1.165) is 32.2 Å². The van der Waals surface area contributed by atoms with Gasteiger partial charge >= 0.3 is 0 Å². The lowest BCUT2D eigenvalue weighted by atomic mass is 10.1. The van der Waals surface area contributed by atoms with Crippen LogP contribution in [0.4, 0.5) is 10.1 Å². The van der Waals surface area contributed by atoms with E-state index in [2.05, 4.69) is 30.8 Å². The maximum atomic E-state index is 13.2. The average Bonchev–Trinajstić information content (AvgIpc) is 3.00. The number of halogens is 2. The highest BCUT2D eigenvalue weighted by atomic mass is 79.9.